The first-order valence-corrected chi connectivity index (χ1v) is 7.01. The molecule has 1 aliphatic rings. The first-order chi connectivity index (χ1) is 10.1. The molecule has 1 saturated heterocycles. The fraction of sp³-hybridized carbons (Fsp3) is 0.467. The zero-order valence-electron chi connectivity index (χ0n) is 12.0. The van der Waals surface area contributed by atoms with E-state index in [-0.39, 0.29) is 30.3 Å². The standard InChI is InChI=1S/C15H19FN2O3/c1-11(19)18-8-3-6-14(18)15(20)17-7-9-21-13-5-2-4-12(16)10-13/h2,4-5,10,14H,3,6-9H2,1H3,(H,17,20)/t14-/m1/s1. The van der Waals surface area contributed by atoms with Crippen LogP contribution in [0.15, 0.2) is 24.3 Å². The van der Waals surface area contributed by atoms with Crippen LogP contribution in [0.5, 0.6) is 5.75 Å². The number of carbonyl (C=O) groups excluding carboxylic acids is 2. The Morgan fingerprint density at radius 3 is 3.00 bits per heavy atom. The molecule has 21 heavy (non-hydrogen) atoms. The van der Waals surface area contributed by atoms with Gasteiger partial charge >= 0.3 is 0 Å². The zero-order chi connectivity index (χ0) is 15.2. The van der Waals surface area contributed by atoms with E-state index in [1.165, 1.54) is 19.1 Å². The lowest BCUT2D eigenvalue weighted by Gasteiger charge is -2.22. The predicted octanol–water partition coefficient (Wildman–Crippen LogP) is 1.33. The molecule has 114 valence electrons. The van der Waals surface area contributed by atoms with Gasteiger partial charge in [-0.15, -0.1) is 0 Å². The van der Waals surface area contributed by atoms with Crippen LogP contribution in [0.1, 0.15) is 19.8 Å². The van der Waals surface area contributed by atoms with Crippen LogP contribution in [0, 0.1) is 5.82 Å². The highest BCUT2D eigenvalue weighted by Gasteiger charge is 2.31. The van der Waals surface area contributed by atoms with Crippen molar-refractivity contribution in [3.05, 3.63) is 30.1 Å². The van der Waals surface area contributed by atoms with Crippen molar-refractivity contribution in [1.82, 2.24) is 10.2 Å². The molecule has 0 unspecified atom stereocenters. The maximum atomic E-state index is 12.9. The summed E-state index contributed by atoms with van der Waals surface area (Å²) >= 11 is 0. The maximum absolute atomic E-state index is 12.9. The average molecular weight is 294 g/mol. The van der Waals surface area contributed by atoms with E-state index in [9.17, 15) is 14.0 Å². The lowest BCUT2D eigenvalue weighted by atomic mass is 10.2. The van der Waals surface area contributed by atoms with Gasteiger partial charge in [-0.05, 0) is 25.0 Å². The third-order valence-electron chi connectivity index (χ3n) is 3.43. The monoisotopic (exact) mass is 294 g/mol. The molecule has 1 atom stereocenters. The quantitative estimate of drug-likeness (QED) is 0.834. The van der Waals surface area contributed by atoms with Crippen LogP contribution in [0.25, 0.3) is 0 Å². The largest absolute Gasteiger partial charge is 0.492 e. The molecule has 0 bridgehead atoms. The van der Waals surface area contributed by atoms with Crippen LogP contribution in [0.3, 0.4) is 0 Å². The van der Waals surface area contributed by atoms with E-state index >= 15 is 0 Å². The number of nitrogens with one attached hydrogen (secondary N) is 1. The Labute approximate surface area is 123 Å². The first-order valence-electron chi connectivity index (χ1n) is 7.01. The summed E-state index contributed by atoms with van der Waals surface area (Å²) in [5.41, 5.74) is 0. The van der Waals surface area contributed by atoms with Crippen molar-refractivity contribution in [2.24, 2.45) is 0 Å². The topological polar surface area (TPSA) is 58.6 Å². The van der Waals surface area contributed by atoms with Crippen molar-refractivity contribution >= 4 is 11.8 Å². The Hall–Kier alpha value is -2.11. The SMILES string of the molecule is CC(=O)N1CCC[C@@H]1C(=O)NCCOc1cccc(F)c1. The smallest absolute Gasteiger partial charge is 0.242 e. The fourth-order valence-electron chi connectivity index (χ4n) is 2.43. The lowest BCUT2D eigenvalue weighted by Crippen LogP contribution is -2.46. The summed E-state index contributed by atoms with van der Waals surface area (Å²) in [5, 5.41) is 2.74. The van der Waals surface area contributed by atoms with Crippen molar-refractivity contribution in [1.29, 1.82) is 0 Å². The van der Waals surface area contributed by atoms with Crippen LogP contribution in [-0.4, -0.2) is 42.5 Å². The minimum atomic E-state index is -0.378. The summed E-state index contributed by atoms with van der Waals surface area (Å²) in [6, 6.07) is 5.46. The normalized spacial score (nSPS) is 17.6. The van der Waals surface area contributed by atoms with E-state index in [0.717, 1.165) is 6.42 Å². The van der Waals surface area contributed by atoms with Crippen LogP contribution in [-0.2, 0) is 9.59 Å². The summed E-state index contributed by atoms with van der Waals surface area (Å²) in [5.74, 6) is -0.177. The van der Waals surface area contributed by atoms with Crippen LogP contribution < -0.4 is 10.1 Å². The fourth-order valence-corrected chi connectivity index (χ4v) is 2.43. The number of nitrogens with zero attached hydrogens (tertiary/aromatic N) is 1. The lowest BCUT2D eigenvalue weighted by molar-refractivity contribution is -0.136. The number of rotatable bonds is 5. The number of hydrogen-bond donors (Lipinski definition) is 1. The van der Waals surface area contributed by atoms with Gasteiger partial charge < -0.3 is 15.0 Å². The van der Waals surface area contributed by atoms with Crippen LogP contribution >= 0.6 is 0 Å². The second kappa shape index (κ2) is 7.06. The third kappa shape index (κ3) is 4.18. The van der Waals surface area contributed by atoms with Gasteiger partial charge in [0.25, 0.3) is 0 Å². The highest BCUT2D eigenvalue weighted by atomic mass is 19.1. The molecule has 2 rings (SSSR count). The Balaban J connectivity index is 1.73. The average Bonchev–Trinajstić information content (AvgIpc) is 2.93. The molecule has 2 amide bonds. The molecule has 1 heterocycles. The number of likely N-dealkylation sites (tertiary alicyclic amines) is 1. The number of ether oxygens (including phenoxy) is 1. The minimum absolute atomic E-state index is 0.0799. The molecule has 1 aliphatic heterocycles. The molecular weight excluding hydrogens is 275 g/mol. The van der Waals surface area contributed by atoms with Gasteiger partial charge in [0.1, 0.15) is 24.2 Å². The highest BCUT2D eigenvalue weighted by molar-refractivity contribution is 5.87. The summed E-state index contributed by atoms with van der Waals surface area (Å²) < 4.78 is 18.3. The first kappa shape index (κ1) is 15.3. The van der Waals surface area contributed by atoms with Gasteiger partial charge in [0.15, 0.2) is 0 Å². The van der Waals surface area contributed by atoms with Gasteiger partial charge in [0, 0.05) is 19.5 Å². The van der Waals surface area contributed by atoms with E-state index in [4.69, 9.17) is 4.74 Å². The molecule has 0 aromatic heterocycles. The van der Waals surface area contributed by atoms with E-state index in [1.807, 2.05) is 0 Å². The molecule has 1 aromatic rings. The predicted molar refractivity (Wildman–Crippen MR) is 75.3 cm³/mol. The summed E-state index contributed by atoms with van der Waals surface area (Å²) in [6.07, 6.45) is 1.54. The van der Waals surface area contributed by atoms with E-state index in [0.29, 0.717) is 25.3 Å². The van der Waals surface area contributed by atoms with E-state index < -0.39 is 0 Å². The Morgan fingerprint density at radius 1 is 1.48 bits per heavy atom. The molecule has 1 fully saturated rings. The van der Waals surface area contributed by atoms with E-state index in [1.54, 1.807) is 17.0 Å². The van der Waals surface area contributed by atoms with Gasteiger partial charge in [-0.25, -0.2) is 4.39 Å². The summed E-state index contributed by atoms with van der Waals surface area (Å²) in [6.45, 7) is 2.67. The minimum Gasteiger partial charge on any atom is -0.492 e. The molecule has 5 nitrogen and oxygen atoms in total. The van der Waals surface area contributed by atoms with Gasteiger partial charge in [0.05, 0.1) is 6.54 Å². The molecular formula is C15H19FN2O3. The molecule has 0 radical (unpaired) electrons. The molecule has 1 N–H and O–H groups in total. The Morgan fingerprint density at radius 2 is 2.29 bits per heavy atom. The molecule has 0 spiro atoms. The van der Waals surface area contributed by atoms with Crippen LogP contribution in [0.2, 0.25) is 0 Å². The Kier molecular flexibility index (Phi) is 5.14. The number of halogens is 1. The summed E-state index contributed by atoms with van der Waals surface area (Å²) in [7, 11) is 0. The number of hydrogen-bond acceptors (Lipinski definition) is 3. The van der Waals surface area contributed by atoms with Crippen molar-refractivity contribution in [3.63, 3.8) is 0 Å². The number of amides is 2. The maximum Gasteiger partial charge on any atom is 0.242 e. The van der Waals surface area contributed by atoms with Gasteiger partial charge in [-0.1, -0.05) is 6.07 Å². The molecule has 1 aromatic carbocycles. The molecule has 6 heteroatoms. The van der Waals surface area contributed by atoms with Crippen LogP contribution in [0.4, 0.5) is 4.39 Å². The Bertz CT molecular complexity index is 521. The molecule has 0 aliphatic carbocycles. The van der Waals surface area contributed by atoms with Crippen molar-refractivity contribution in [2.75, 3.05) is 19.7 Å². The summed E-state index contributed by atoms with van der Waals surface area (Å²) in [4.78, 5) is 25.0. The molecule has 0 saturated carbocycles. The highest BCUT2D eigenvalue weighted by Crippen LogP contribution is 2.17. The van der Waals surface area contributed by atoms with Gasteiger partial charge in [-0.3, -0.25) is 9.59 Å². The third-order valence-corrected chi connectivity index (χ3v) is 3.43. The second-order valence-electron chi connectivity index (χ2n) is 4.97. The van der Waals surface area contributed by atoms with E-state index in [2.05, 4.69) is 5.32 Å². The number of carbonyl (C=O) groups is 2. The van der Waals surface area contributed by atoms with Crippen molar-refractivity contribution < 1.29 is 18.7 Å². The second-order valence-corrected chi connectivity index (χ2v) is 4.97. The van der Waals surface area contributed by atoms with Crippen molar-refractivity contribution in [3.8, 4) is 5.75 Å². The zero-order valence-corrected chi connectivity index (χ0v) is 12.0. The van der Waals surface area contributed by atoms with Gasteiger partial charge in [-0.2, -0.15) is 0 Å². The van der Waals surface area contributed by atoms with Gasteiger partial charge in [0.2, 0.25) is 11.8 Å². The van der Waals surface area contributed by atoms with Crippen molar-refractivity contribution in [2.45, 2.75) is 25.8 Å². The number of benzene rings is 1.